The van der Waals surface area contributed by atoms with Crippen LogP contribution in [0.2, 0.25) is 0 Å². The largest absolute Gasteiger partial charge is 0.497 e. The lowest BCUT2D eigenvalue weighted by atomic mass is 10.0. The molecular formula is C22H30N2O3. The van der Waals surface area contributed by atoms with Gasteiger partial charge >= 0.3 is 0 Å². The zero-order valence-electron chi connectivity index (χ0n) is 17.3. The highest BCUT2D eigenvalue weighted by Crippen LogP contribution is 2.26. The summed E-state index contributed by atoms with van der Waals surface area (Å²) in [5.74, 6) is 1.47. The molecule has 0 aliphatic carbocycles. The molecule has 0 radical (unpaired) electrons. The zero-order chi connectivity index (χ0) is 20.1. The van der Waals surface area contributed by atoms with Crippen molar-refractivity contribution in [1.29, 1.82) is 0 Å². The molecule has 0 fully saturated rings. The Hall–Kier alpha value is -2.53. The van der Waals surface area contributed by atoms with Crippen LogP contribution in [0.5, 0.6) is 11.5 Å². The molecule has 0 heterocycles. The predicted octanol–water partition coefficient (Wildman–Crippen LogP) is 4.09. The maximum Gasteiger partial charge on any atom is 0.241 e. The maximum absolute atomic E-state index is 12.8. The van der Waals surface area contributed by atoms with Crippen molar-refractivity contribution in [1.82, 2.24) is 4.90 Å². The number of methoxy groups -OCH3 is 2. The van der Waals surface area contributed by atoms with Gasteiger partial charge in [-0.3, -0.25) is 9.69 Å². The Labute approximate surface area is 162 Å². The summed E-state index contributed by atoms with van der Waals surface area (Å²) in [6, 6.07) is 9.59. The van der Waals surface area contributed by atoms with Gasteiger partial charge in [-0.2, -0.15) is 0 Å². The molecule has 2 rings (SSSR count). The van der Waals surface area contributed by atoms with Gasteiger partial charge in [-0.1, -0.05) is 23.8 Å². The summed E-state index contributed by atoms with van der Waals surface area (Å²) < 4.78 is 10.7. The number of likely N-dealkylation sites (N-methyl/N-ethyl adjacent to an activating group) is 1. The smallest absolute Gasteiger partial charge is 0.241 e. The van der Waals surface area contributed by atoms with Crippen molar-refractivity contribution in [3.05, 3.63) is 52.6 Å². The second-order valence-electron chi connectivity index (χ2n) is 7.03. The first-order valence-corrected chi connectivity index (χ1v) is 9.06. The molecule has 27 heavy (non-hydrogen) atoms. The van der Waals surface area contributed by atoms with Gasteiger partial charge in [0.25, 0.3) is 0 Å². The lowest BCUT2D eigenvalue weighted by Crippen LogP contribution is -2.39. The van der Waals surface area contributed by atoms with Crippen molar-refractivity contribution < 1.29 is 14.3 Å². The normalized spacial score (nSPS) is 12.0. The molecule has 0 saturated heterocycles. The molecule has 2 aromatic carbocycles. The Bertz CT molecular complexity index is 794. The van der Waals surface area contributed by atoms with E-state index in [0.29, 0.717) is 6.54 Å². The maximum atomic E-state index is 12.8. The predicted molar refractivity (Wildman–Crippen MR) is 110 cm³/mol. The third-order valence-corrected chi connectivity index (χ3v) is 4.88. The highest BCUT2D eigenvalue weighted by Gasteiger charge is 2.21. The Morgan fingerprint density at radius 2 is 1.70 bits per heavy atom. The quantitative estimate of drug-likeness (QED) is 0.798. The molecule has 0 aromatic heterocycles. The van der Waals surface area contributed by atoms with Gasteiger partial charge in [0.2, 0.25) is 5.91 Å². The Morgan fingerprint density at radius 3 is 2.26 bits per heavy atom. The van der Waals surface area contributed by atoms with Crippen LogP contribution < -0.4 is 14.8 Å². The number of rotatable bonds is 7. The lowest BCUT2D eigenvalue weighted by Gasteiger charge is -2.25. The van der Waals surface area contributed by atoms with E-state index < -0.39 is 0 Å². The number of nitrogens with one attached hydrogen (secondary N) is 1. The number of benzene rings is 2. The van der Waals surface area contributed by atoms with Crippen LogP contribution in [0.25, 0.3) is 0 Å². The molecule has 0 saturated carbocycles. The summed E-state index contributed by atoms with van der Waals surface area (Å²) in [6.45, 7) is 8.60. The van der Waals surface area contributed by atoms with Gasteiger partial charge in [-0.25, -0.2) is 0 Å². The molecule has 0 bridgehead atoms. The standard InChI is InChI=1S/C22H30N2O3/c1-14-10-15(2)21(16(3)11-14)23-22(25)17(4)24(5)13-18-8-9-19(26-6)12-20(18)27-7/h8-12,17H,13H2,1-7H3,(H,23,25)/t17-/m1/s1. The molecule has 5 nitrogen and oxygen atoms in total. The lowest BCUT2D eigenvalue weighted by molar-refractivity contribution is -0.120. The van der Waals surface area contributed by atoms with E-state index in [9.17, 15) is 4.79 Å². The van der Waals surface area contributed by atoms with Gasteiger partial charge in [0.15, 0.2) is 0 Å². The number of aryl methyl sites for hydroxylation is 3. The van der Waals surface area contributed by atoms with E-state index in [2.05, 4.69) is 24.4 Å². The molecule has 146 valence electrons. The van der Waals surface area contributed by atoms with Crippen LogP contribution in [0.4, 0.5) is 5.69 Å². The van der Waals surface area contributed by atoms with Gasteiger partial charge in [0.1, 0.15) is 11.5 Å². The molecule has 0 spiro atoms. The fraction of sp³-hybridized carbons (Fsp3) is 0.409. The molecule has 1 atom stereocenters. The Kier molecular flexibility index (Phi) is 6.86. The monoisotopic (exact) mass is 370 g/mol. The van der Waals surface area contributed by atoms with Crippen LogP contribution in [0.1, 0.15) is 29.2 Å². The summed E-state index contributed by atoms with van der Waals surface area (Å²) in [4.78, 5) is 14.8. The molecule has 0 aliphatic heterocycles. The van der Waals surface area contributed by atoms with Crippen molar-refractivity contribution in [2.24, 2.45) is 0 Å². The highest BCUT2D eigenvalue weighted by atomic mass is 16.5. The van der Waals surface area contributed by atoms with Crippen LogP contribution in [0.15, 0.2) is 30.3 Å². The van der Waals surface area contributed by atoms with Crippen molar-refractivity contribution in [3.8, 4) is 11.5 Å². The van der Waals surface area contributed by atoms with E-state index in [1.807, 2.05) is 50.9 Å². The van der Waals surface area contributed by atoms with Crippen LogP contribution in [-0.2, 0) is 11.3 Å². The van der Waals surface area contributed by atoms with Crippen molar-refractivity contribution in [3.63, 3.8) is 0 Å². The first-order valence-electron chi connectivity index (χ1n) is 9.06. The Morgan fingerprint density at radius 1 is 1.07 bits per heavy atom. The fourth-order valence-corrected chi connectivity index (χ4v) is 3.19. The minimum absolute atomic E-state index is 0.0277. The average molecular weight is 370 g/mol. The molecular weight excluding hydrogens is 340 g/mol. The van der Waals surface area contributed by atoms with Crippen molar-refractivity contribution in [2.45, 2.75) is 40.3 Å². The fourth-order valence-electron chi connectivity index (χ4n) is 3.19. The third-order valence-electron chi connectivity index (χ3n) is 4.88. The van der Waals surface area contributed by atoms with Crippen LogP contribution in [0.3, 0.4) is 0 Å². The molecule has 0 aliphatic rings. The first kappa shape index (κ1) is 20.8. The van der Waals surface area contributed by atoms with Crippen molar-refractivity contribution >= 4 is 11.6 Å². The van der Waals surface area contributed by atoms with Gasteiger partial charge in [-0.05, 0) is 51.9 Å². The van der Waals surface area contributed by atoms with E-state index >= 15 is 0 Å². The number of nitrogens with zero attached hydrogens (tertiary/aromatic N) is 1. The minimum Gasteiger partial charge on any atom is -0.497 e. The number of carbonyl (C=O) groups is 1. The van der Waals surface area contributed by atoms with Crippen LogP contribution in [-0.4, -0.2) is 38.1 Å². The molecule has 5 heteroatoms. The zero-order valence-corrected chi connectivity index (χ0v) is 17.3. The molecule has 0 unspecified atom stereocenters. The number of carbonyl (C=O) groups excluding carboxylic acids is 1. The molecule has 1 amide bonds. The van der Waals surface area contributed by atoms with E-state index in [1.54, 1.807) is 14.2 Å². The number of ether oxygens (including phenoxy) is 2. The average Bonchev–Trinajstić information content (AvgIpc) is 2.63. The van der Waals surface area contributed by atoms with E-state index in [-0.39, 0.29) is 11.9 Å². The summed E-state index contributed by atoms with van der Waals surface area (Å²) in [7, 11) is 5.20. The second-order valence-corrected chi connectivity index (χ2v) is 7.03. The van der Waals surface area contributed by atoms with Crippen molar-refractivity contribution in [2.75, 3.05) is 26.6 Å². The van der Waals surface area contributed by atoms with E-state index in [0.717, 1.165) is 33.9 Å². The molecule has 1 N–H and O–H groups in total. The van der Waals surface area contributed by atoms with Gasteiger partial charge in [0, 0.05) is 23.9 Å². The van der Waals surface area contributed by atoms with E-state index in [4.69, 9.17) is 9.47 Å². The molecule has 2 aromatic rings. The topological polar surface area (TPSA) is 50.8 Å². The highest BCUT2D eigenvalue weighted by molar-refractivity contribution is 5.95. The minimum atomic E-state index is -0.295. The van der Waals surface area contributed by atoms with Gasteiger partial charge in [0.05, 0.1) is 20.3 Å². The SMILES string of the molecule is COc1ccc(CN(C)[C@H](C)C(=O)Nc2c(C)cc(C)cc2C)c(OC)c1. The van der Waals surface area contributed by atoms with Gasteiger partial charge in [-0.15, -0.1) is 0 Å². The summed E-state index contributed by atoms with van der Waals surface area (Å²) >= 11 is 0. The Balaban J connectivity index is 2.11. The number of anilines is 1. The summed E-state index contributed by atoms with van der Waals surface area (Å²) in [5.41, 5.74) is 5.25. The van der Waals surface area contributed by atoms with E-state index in [1.165, 1.54) is 5.56 Å². The number of amides is 1. The second kappa shape index (κ2) is 8.91. The van der Waals surface area contributed by atoms with Gasteiger partial charge < -0.3 is 14.8 Å². The summed E-state index contributed by atoms with van der Waals surface area (Å²) in [6.07, 6.45) is 0. The summed E-state index contributed by atoms with van der Waals surface area (Å²) in [5, 5.41) is 3.09. The third kappa shape index (κ3) is 5.01. The van der Waals surface area contributed by atoms with Crippen LogP contribution >= 0.6 is 0 Å². The number of hydrogen-bond donors (Lipinski definition) is 1. The number of hydrogen-bond acceptors (Lipinski definition) is 4. The van der Waals surface area contributed by atoms with Crippen LogP contribution in [0, 0.1) is 20.8 Å². The first-order chi connectivity index (χ1) is 12.8.